The van der Waals surface area contributed by atoms with Gasteiger partial charge in [0.25, 0.3) is 0 Å². The van der Waals surface area contributed by atoms with Crippen LogP contribution in [0.4, 0.5) is 0 Å². The van der Waals surface area contributed by atoms with Gasteiger partial charge in [-0.2, -0.15) is 0 Å². The Balaban J connectivity index is 1.20. The first-order chi connectivity index (χ1) is 12.8. The molecule has 138 valence electrons. The van der Waals surface area contributed by atoms with Crippen molar-refractivity contribution in [1.29, 1.82) is 0 Å². The lowest BCUT2D eigenvalue weighted by atomic mass is 9.80. The zero-order chi connectivity index (χ0) is 17.5. The molecule has 0 aliphatic carbocycles. The van der Waals surface area contributed by atoms with Gasteiger partial charge in [0, 0.05) is 74.4 Å². The van der Waals surface area contributed by atoms with Crippen molar-refractivity contribution in [1.82, 2.24) is 14.8 Å². The molecule has 0 radical (unpaired) electrons. The molecule has 26 heavy (non-hydrogen) atoms. The van der Waals surface area contributed by atoms with Crippen molar-refractivity contribution in [3.05, 3.63) is 36.0 Å². The molecule has 3 aliphatic rings. The van der Waals surface area contributed by atoms with Crippen LogP contribution in [0.2, 0.25) is 0 Å². The molecule has 0 saturated carbocycles. The molecular weight excluding hydrogens is 326 g/mol. The van der Waals surface area contributed by atoms with E-state index in [9.17, 15) is 4.79 Å². The number of amides is 1. The number of carbonyl (C=O) groups excluding carboxylic acids is 1. The summed E-state index contributed by atoms with van der Waals surface area (Å²) in [5.41, 5.74) is 2.62. The molecule has 5 heteroatoms. The number of H-pyrrole nitrogens is 1. The average molecular weight is 353 g/mol. The molecule has 3 saturated heterocycles. The van der Waals surface area contributed by atoms with E-state index < -0.39 is 0 Å². The fourth-order valence-corrected chi connectivity index (χ4v) is 5.04. The summed E-state index contributed by atoms with van der Waals surface area (Å²) < 4.78 is 5.40. The van der Waals surface area contributed by atoms with Gasteiger partial charge < -0.3 is 14.6 Å². The third-order valence-corrected chi connectivity index (χ3v) is 6.54. The van der Waals surface area contributed by atoms with E-state index in [0.717, 1.165) is 58.7 Å². The number of benzene rings is 1. The van der Waals surface area contributed by atoms with Crippen LogP contribution < -0.4 is 0 Å². The van der Waals surface area contributed by atoms with Crippen LogP contribution in [0.3, 0.4) is 0 Å². The van der Waals surface area contributed by atoms with Crippen LogP contribution in [0.1, 0.15) is 24.8 Å². The topological polar surface area (TPSA) is 48.6 Å². The van der Waals surface area contributed by atoms with Crippen molar-refractivity contribution < 1.29 is 9.53 Å². The van der Waals surface area contributed by atoms with Gasteiger partial charge in [0.05, 0.1) is 0 Å². The third kappa shape index (κ3) is 2.83. The second-order valence-corrected chi connectivity index (χ2v) is 8.08. The lowest BCUT2D eigenvalue weighted by Crippen LogP contribution is -2.65. The van der Waals surface area contributed by atoms with Crippen molar-refractivity contribution >= 4 is 16.8 Å². The number of ether oxygens (including phenoxy) is 1. The highest BCUT2D eigenvalue weighted by molar-refractivity contribution is 5.83. The quantitative estimate of drug-likeness (QED) is 0.923. The molecule has 1 aromatic carbocycles. The Morgan fingerprint density at radius 2 is 2.04 bits per heavy atom. The average Bonchev–Trinajstić information content (AvgIpc) is 3.14. The van der Waals surface area contributed by atoms with Gasteiger partial charge in [-0.05, 0) is 37.0 Å². The summed E-state index contributed by atoms with van der Waals surface area (Å²) in [6.07, 6.45) is 4.94. The number of aromatic nitrogens is 1. The van der Waals surface area contributed by atoms with Crippen LogP contribution in [-0.2, 0) is 16.1 Å². The van der Waals surface area contributed by atoms with E-state index in [1.807, 2.05) is 6.20 Å². The summed E-state index contributed by atoms with van der Waals surface area (Å²) in [5.74, 6) is 1.24. The number of nitrogens with one attached hydrogen (secondary N) is 1. The molecule has 2 atom stereocenters. The van der Waals surface area contributed by atoms with E-state index in [1.165, 1.54) is 16.5 Å². The largest absolute Gasteiger partial charge is 0.381 e. The van der Waals surface area contributed by atoms with Crippen molar-refractivity contribution in [3.63, 3.8) is 0 Å². The minimum Gasteiger partial charge on any atom is -0.381 e. The van der Waals surface area contributed by atoms with Gasteiger partial charge in [-0.3, -0.25) is 9.69 Å². The van der Waals surface area contributed by atoms with Gasteiger partial charge in [0.1, 0.15) is 0 Å². The molecular formula is C21H27N3O2. The Kier molecular flexibility index (Phi) is 4.21. The fourth-order valence-electron chi connectivity index (χ4n) is 5.04. The summed E-state index contributed by atoms with van der Waals surface area (Å²) in [6, 6.07) is 9.17. The lowest BCUT2D eigenvalue weighted by molar-refractivity contribution is -0.155. The second-order valence-electron chi connectivity index (χ2n) is 8.08. The van der Waals surface area contributed by atoms with E-state index in [2.05, 4.69) is 39.0 Å². The molecule has 1 amide bonds. The first-order valence-electron chi connectivity index (χ1n) is 9.95. The van der Waals surface area contributed by atoms with E-state index in [1.54, 1.807) is 0 Å². The maximum atomic E-state index is 12.8. The summed E-state index contributed by atoms with van der Waals surface area (Å²) in [4.78, 5) is 20.8. The maximum absolute atomic E-state index is 12.8. The Morgan fingerprint density at radius 3 is 2.88 bits per heavy atom. The van der Waals surface area contributed by atoms with Crippen molar-refractivity contribution in [2.45, 2.75) is 31.8 Å². The number of aromatic amines is 1. The zero-order valence-electron chi connectivity index (χ0n) is 15.2. The molecule has 0 bridgehead atoms. The minimum absolute atomic E-state index is 0.203. The Morgan fingerprint density at radius 1 is 1.15 bits per heavy atom. The molecule has 4 heterocycles. The van der Waals surface area contributed by atoms with Crippen LogP contribution in [0.25, 0.3) is 10.9 Å². The van der Waals surface area contributed by atoms with Crippen molar-refractivity contribution in [3.8, 4) is 0 Å². The van der Waals surface area contributed by atoms with Crippen molar-refractivity contribution in [2.24, 2.45) is 11.8 Å². The summed E-state index contributed by atoms with van der Waals surface area (Å²) >= 11 is 0. The first kappa shape index (κ1) is 16.3. The second kappa shape index (κ2) is 6.71. The van der Waals surface area contributed by atoms with Gasteiger partial charge in [-0.15, -0.1) is 0 Å². The molecule has 1 N–H and O–H groups in total. The first-order valence-corrected chi connectivity index (χ1v) is 9.95. The fraction of sp³-hybridized carbons (Fsp3) is 0.571. The van der Waals surface area contributed by atoms with Crippen molar-refractivity contribution in [2.75, 3.05) is 32.8 Å². The SMILES string of the molecule is O=C(C1CCOCC1)N1C[C@@H]2CN(Cc3cccc4[nH]ccc34)CC[C@@H]21. The van der Waals surface area contributed by atoms with Gasteiger partial charge in [0.2, 0.25) is 5.91 Å². The highest BCUT2D eigenvalue weighted by Gasteiger charge is 2.46. The Hall–Kier alpha value is -1.85. The number of rotatable bonds is 3. The molecule has 0 unspecified atom stereocenters. The van der Waals surface area contributed by atoms with Crippen LogP contribution in [0, 0.1) is 11.8 Å². The summed E-state index contributed by atoms with van der Waals surface area (Å²) in [7, 11) is 0. The number of nitrogens with zero attached hydrogens (tertiary/aromatic N) is 2. The monoisotopic (exact) mass is 353 g/mol. The molecule has 3 fully saturated rings. The Bertz CT molecular complexity index is 795. The van der Waals surface area contributed by atoms with Crippen LogP contribution >= 0.6 is 0 Å². The highest BCUT2D eigenvalue weighted by atomic mass is 16.5. The minimum atomic E-state index is 0.203. The van der Waals surface area contributed by atoms with E-state index >= 15 is 0 Å². The van der Waals surface area contributed by atoms with Crippen LogP contribution in [0.15, 0.2) is 30.5 Å². The van der Waals surface area contributed by atoms with Crippen LogP contribution in [-0.4, -0.2) is 59.6 Å². The number of fused-ring (bicyclic) bond motifs is 2. The smallest absolute Gasteiger partial charge is 0.226 e. The van der Waals surface area contributed by atoms with Gasteiger partial charge in [-0.1, -0.05) is 12.1 Å². The molecule has 1 aromatic heterocycles. The lowest BCUT2D eigenvalue weighted by Gasteiger charge is -2.54. The molecule has 2 aromatic rings. The maximum Gasteiger partial charge on any atom is 0.226 e. The summed E-state index contributed by atoms with van der Waals surface area (Å²) in [6.45, 7) is 5.65. The number of likely N-dealkylation sites (tertiary alicyclic amines) is 2. The van der Waals surface area contributed by atoms with Gasteiger partial charge >= 0.3 is 0 Å². The molecule has 0 spiro atoms. The predicted molar refractivity (Wildman–Crippen MR) is 101 cm³/mol. The normalized spacial score (nSPS) is 27.3. The third-order valence-electron chi connectivity index (χ3n) is 6.54. The van der Waals surface area contributed by atoms with E-state index in [4.69, 9.17) is 4.74 Å². The van der Waals surface area contributed by atoms with Crippen LogP contribution in [0.5, 0.6) is 0 Å². The molecule has 3 aliphatic heterocycles. The van der Waals surface area contributed by atoms with E-state index in [0.29, 0.717) is 17.9 Å². The predicted octanol–water partition coefficient (Wildman–Crippen LogP) is 2.63. The molecule has 5 rings (SSSR count). The number of carbonyl (C=O) groups is 1. The number of piperidine rings is 1. The van der Waals surface area contributed by atoms with Gasteiger partial charge in [-0.25, -0.2) is 0 Å². The zero-order valence-corrected chi connectivity index (χ0v) is 15.2. The number of hydrogen-bond donors (Lipinski definition) is 1. The van der Waals surface area contributed by atoms with E-state index in [-0.39, 0.29) is 5.92 Å². The number of hydrogen-bond acceptors (Lipinski definition) is 3. The highest BCUT2D eigenvalue weighted by Crippen LogP contribution is 2.35. The van der Waals surface area contributed by atoms with Gasteiger partial charge in [0.15, 0.2) is 0 Å². The Labute approximate surface area is 154 Å². The molecule has 5 nitrogen and oxygen atoms in total. The standard InChI is InChI=1S/C21H27N3O2/c25-21(15-6-10-26-11-7-15)24-14-17-13-23(9-5-20(17)24)12-16-2-1-3-19-18(16)4-8-22-19/h1-4,8,15,17,20,22H,5-7,9-14H2/t17-,20-/m0/s1. The summed E-state index contributed by atoms with van der Waals surface area (Å²) in [5, 5.41) is 1.33.